The van der Waals surface area contributed by atoms with Crippen LogP contribution in [0.1, 0.15) is 37.7 Å². The molecule has 2 rings (SSSR count). The molecule has 1 fully saturated rings. The molecule has 0 radical (unpaired) electrons. The van der Waals surface area contributed by atoms with Crippen molar-refractivity contribution in [3.63, 3.8) is 0 Å². The highest BCUT2D eigenvalue weighted by Gasteiger charge is 2.36. The number of carboxylic acid groups (broad SMARTS) is 1. The number of nitrogens with two attached hydrogens (primary N) is 2. The number of nitrogens with one attached hydrogen (secondary N) is 1. The van der Waals surface area contributed by atoms with Gasteiger partial charge in [0.15, 0.2) is 0 Å². The molecule has 9 heteroatoms. The molecule has 0 aromatic heterocycles. The third kappa shape index (κ3) is 6.56. The molecule has 1 aromatic carbocycles. The van der Waals surface area contributed by atoms with Crippen LogP contribution in [0.2, 0.25) is 0 Å². The maximum atomic E-state index is 13.0. The number of hydrogen-bond donors (Lipinski definition) is 4. The molecule has 158 valence electrons. The van der Waals surface area contributed by atoms with Crippen LogP contribution >= 0.6 is 0 Å². The number of piperidine rings is 1. The molecule has 1 aliphatic heterocycles. The third-order valence-corrected chi connectivity index (χ3v) is 5.00. The van der Waals surface area contributed by atoms with Crippen molar-refractivity contribution < 1.29 is 24.3 Å². The topological polar surface area (TPSA) is 156 Å². The molecule has 3 amide bonds. The number of hydrogen-bond acceptors (Lipinski definition) is 5. The molecule has 0 saturated carbocycles. The Hall–Kier alpha value is -2.94. The smallest absolute Gasteiger partial charge is 0.326 e. The van der Waals surface area contributed by atoms with Crippen LogP contribution in [0.25, 0.3) is 0 Å². The van der Waals surface area contributed by atoms with Gasteiger partial charge in [0.25, 0.3) is 0 Å². The molecule has 3 atom stereocenters. The van der Waals surface area contributed by atoms with Crippen molar-refractivity contribution in [2.75, 3.05) is 6.54 Å². The Morgan fingerprint density at radius 3 is 2.48 bits per heavy atom. The minimum absolute atomic E-state index is 0.0131. The van der Waals surface area contributed by atoms with Gasteiger partial charge in [-0.05, 0) is 37.7 Å². The van der Waals surface area contributed by atoms with E-state index in [4.69, 9.17) is 11.5 Å². The minimum atomic E-state index is -1.08. The first-order valence-corrected chi connectivity index (χ1v) is 9.71. The first-order chi connectivity index (χ1) is 13.8. The van der Waals surface area contributed by atoms with Crippen molar-refractivity contribution >= 4 is 23.7 Å². The first kappa shape index (κ1) is 22.4. The lowest BCUT2D eigenvalue weighted by molar-refractivity contribution is -0.153. The van der Waals surface area contributed by atoms with E-state index >= 15 is 0 Å². The SMILES string of the molecule is NC(=O)CC[C@H](NC(=O)[C@H](N)Cc1ccccc1)C(=O)N1CCCC[C@H]1C(=O)O. The summed E-state index contributed by atoms with van der Waals surface area (Å²) in [6.45, 7) is 0.287. The summed E-state index contributed by atoms with van der Waals surface area (Å²) in [4.78, 5) is 49.5. The zero-order chi connectivity index (χ0) is 21.4. The summed E-state index contributed by atoms with van der Waals surface area (Å²) in [6.07, 6.45) is 1.90. The number of carbonyl (C=O) groups excluding carboxylic acids is 3. The van der Waals surface area contributed by atoms with E-state index in [0.29, 0.717) is 19.3 Å². The second-order valence-corrected chi connectivity index (χ2v) is 7.24. The number of nitrogens with zero attached hydrogens (tertiary/aromatic N) is 1. The molecular formula is C20H28N4O5. The van der Waals surface area contributed by atoms with Crippen LogP contribution in [-0.4, -0.2) is 58.4 Å². The van der Waals surface area contributed by atoms with Crippen LogP contribution in [0.5, 0.6) is 0 Å². The number of likely N-dealkylation sites (tertiary alicyclic amines) is 1. The molecule has 0 bridgehead atoms. The van der Waals surface area contributed by atoms with Crippen molar-refractivity contribution in [3.8, 4) is 0 Å². The summed E-state index contributed by atoms with van der Waals surface area (Å²) < 4.78 is 0. The monoisotopic (exact) mass is 404 g/mol. The summed E-state index contributed by atoms with van der Waals surface area (Å²) >= 11 is 0. The Morgan fingerprint density at radius 1 is 1.17 bits per heavy atom. The Labute approximate surface area is 169 Å². The summed E-state index contributed by atoms with van der Waals surface area (Å²) in [5, 5.41) is 12.0. The quantitative estimate of drug-likeness (QED) is 0.445. The Balaban J connectivity index is 2.09. The lowest BCUT2D eigenvalue weighted by Crippen LogP contribution is -2.57. The number of rotatable bonds is 9. The highest BCUT2D eigenvalue weighted by atomic mass is 16.4. The zero-order valence-electron chi connectivity index (χ0n) is 16.3. The van der Waals surface area contributed by atoms with Crippen LogP contribution in [0.4, 0.5) is 0 Å². The largest absolute Gasteiger partial charge is 0.480 e. The van der Waals surface area contributed by atoms with Crippen LogP contribution in [0.3, 0.4) is 0 Å². The van der Waals surface area contributed by atoms with Crippen LogP contribution in [-0.2, 0) is 25.6 Å². The Morgan fingerprint density at radius 2 is 1.86 bits per heavy atom. The Bertz CT molecular complexity index is 740. The lowest BCUT2D eigenvalue weighted by atomic mass is 9.99. The first-order valence-electron chi connectivity index (χ1n) is 9.71. The van der Waals surface area contributed by atoms with Crippen molar-refractivity contribution in [1.82, 2.24) is 10.2 Å². The lowest BCUT2D eigenvalue weighted by Gasteiger charge is -2.35. The van der Waals surface area contributed by atoms with Gasteiger partial charge in [-0.15, -0.1) is 0 Å². The van der Waals surface area contributed by atoms with Gasteiger partial charge >= 0.3 is 5.97 Å². The van der Waals surface area contributed by atoms with Gasteiger partial charge in [0.1, 0.15) is 12.1 Å². The molecule has 1 saturated heterocycles. The van der Waals surface area contributed by atoms with Crippen LogP contribution in [0.15, 0.2) is 30.3 Å². The Kier molecular flexibility index (Phi) is 8.14. The predicted molar refractivity (Wildman–Crippen MR) is 105 cm³/mol. The van der Waals surface area contributed by atoms with Gasteiger partial charge in [-0.25, -0.2) is 4.79 Å². The fraction of sp³-hybridized carbons (Fsp3) is 0.500. The number of aliphatic carboxylic acids is 1. The van der Waals surface area contributed by atoms with Crippen LogP contribution < -0.4 is 16.8 Å². The molecule has 0 aliphatic carbocycles. The van der Waals surface area contributed by atoms with Gasteiger partial charge in [-0.2, -0.15) is 0 Å². The van der Waals surface area contributed by atoms with E-state index in [1.807, 2.05) is 30.3 Å². The summed E-state index contributed by atoms with van der Waals surface area (Å²) in [5.41, 5.74) is 12.0. The van der Waals surface area contributed by atoms with E-state index in [9.17, 15) is 24.3 Å². The van der Waals surface area contributed by atoms with Gasteiger partial charge in [0.2, 0.25) is 17.7 Å². The fourth-order valence-electron chi connectivity index (χ4n) is 3.44. The maximum Gasteiger partial charge on any atom is 0.326 e. The zero-order valence-corrected chi connectivity index (χ0v) is 16.3. The second-order valence-electron chi connectivity index (χ2n) is 7.24. The van der Waals surface area contributed by atoms with Gasteiger partial charge in [0.05, 0.1) is 6.04 Å². The van der Waals surface area contributed by atoms with Crippen molar-refractivity contribution in [2.24, 2.45) is 11.5 Å². The van der Waals surface area contributed by atoms with E-state index in [0.717, 1.165) is 5.56 Å². The number of amides is 3. The van der Waals surface area contributed by atoms with Crippen molar-refractivity contribution in [1.29, 1.82) is 0 Å². The van der Waals surface area contributed by atoms with E-state index in [1.165, 1.54) is 4.90 Å². The molecule has 1 aliphatic rings. The van der Waals surface area contributed by atoms with E-state index in [1.54, 1.807) is 0 Å². The molecular weight excluding hydrogens is 376 g/mol. The molecule has 9 nitrogen and oxygen atoms in total. The maximum absolute atomic E-state index is 13.0. The fourth-order valence-corrected chi connectivity index (χ4v) is 3.44. The standard InChI is InChI=1S/C20H28N4O5/c21-14(12-13-6-2-1-3-7-13)18(26)23-15(9-10-17(22)25)19(27)24-11-5-4-8-16(24)20(28)29/h1-3,6-7,14-16H,4-5,8-12,21H2,(H2,22,25)(H,23,26)(H,28,29)/t14-,15+,16+/m1/s1. The summed E-state index contributed by atoms with van der Waals surface area (Å²) in [7, 11) is 0. The third-order valence-electron chi connectivity index (χ3n) is 5.00. The number of primary amides is 1. The predicted octanol–water partition coefficient (Wildman–Crippen LogP) is -0.228. The van der Waals surface area contributed by atoms with Crippen molar-refractivity contribution in [2.45, 2.75) is 56.7 Å². The average molecular weight is 404 g/mol. The van der Waals surface area contributed by atoms with Gasteiger partial charge in [-0.1, -0.05) is 30.3 Å². The minimum Gasteiger partial charge on any atom is -0.480 e. The highest BCUT2D eigenvalue weighted by molar-refractivity contribution is 5.92. The number of carbonyl (C=O) groups is 4. The molecule has 29 heavy (non-hydrogen) atoms. The number of benzene rings is 1. The van der Waals surface area contributed by atoms with Crippen molar-refractivity contribution in [3.05, 3.63) is 35.9 Å². The molecule has 6 N–H and O–H groups in total. The molecule has 1 aromatic rings. The average Bonchev–Trinajstić information content (AvgIpc) is 2.70. The number of carboxylic acids is 1. The van der Waals surface area contributed by atoms with Gasteiger partial charge in [0, 0.05) is 13.0 Å². The second kappa shape index (κ2) is 10.6. The molecule has 0 unspecified atom stereocenters. The van der Waals surface area contributed by atoms with E-state index < -0.39 is 41.8 Å². The van der Waals surface area contributed by atoms with Gasteiger partial charge < -0.3 is 26.8 Å². The summed E-state index contributed by atoms with van der Waals surface area (Å²) in [5.74, 6) is -2.77. The van der Waals surface area contributed by atoms with Gasteiger partial charge in [-0.3, -0.25) is 14.4 Å². The normalized spacial score (nSPS) is 18.5. The van der Waals surface area contributed by atoms with Crippen LogP contribution in [0, 0.1) is 0 Å². The highest BCUT2D eigenvalue weighted by Crippen LogP contribution is 2.19. The van der Waals surface area contributed by atoms with E-state index in [-0.39, 0.29) is 25.8 Å². The van der Waals surface area contributed by atoms with E-state index in [2.05, 4.69) is 5.32 Å². The molecule has 0 spiro atoms. The summed E-state index contributed by atoms with van der Waals surface area (Å²) in [6, 6.07) is 6.31. The molecule has 1 heterocycles.